The molecule has 6 rings (SSSR count). The van der Waals surface area contributed by atoms with Gasteiger partial charge in [-0.25, -0.2) is 4.68 Å². The van der Waals surface area contributed by atoms with Crippen molar-refractivity contribution >= 4 is 17.5 Å². The standard InChI is InChI=1S/C26H22N6O4/c1-15-22(25(33)29-17-6-5-11-27-13-17)23(16-9-10-20-21(12-16)36-14-35-20)32-26(28-15)30-24(31-32)18-7-3-4-8-19(18)34-2/h3-13,23H,14H2,1-2H3,(H,29,33)(H,28,30,31). The summed E-state index contributed by atoms with van der Waals surface area (Å²) in [5.41, 5.74) is 3.28. The van der Waals surface area contributed by atoms with Crippen LogP contribution in [0.1, 0.15) is 18.5 Å². The molecule has 1 atom stereocenters. The smallest absolute Gasteiger partial charge is 0.255 e. The van der Waals surface area contributed by atoms with Crippen LogP contribution in [0, 0.1) is 0 Å². The lowest BCUT2D eigenvalue weighted by Crippen LogP contribution is -2.31. The molecule has 0 radical (unpaired) electrons. The average Bonchev–Trinajstić information content (AvgIpc) is 3.54. The van der Waals surface area contributed by atoms with Crippen LogP contribution in [0.15, 0.2) is 78.3 Å². The Bertz CT molecular complexity index is 1500. The number of nitrogens with zero attached hydrogens (tertiary/aromatic N) is 4. The third-order valence-electron chi connectivity index (χ3n) is 6.08. The van der Waals surface area contributed by atoms with E-state index >= 15 is 0 Å². The van der Waals surface area contributed by atoms with Gasteiger partial charge in [-0.05, 0) is 48.9 Å². The van der Waals surface area contributed by atoms with E-state index in [-0.39, 0.29) is 12.7 Å². The van der Waals surface area contributed by atoms with Gasteiger partial charge in [0.1, 0.15) is 11.8 Å². The summed E-state index contributed by atoms with van der Waals surface area (Å²) in [6.45, 7) is 2.00. The maximum Gasteiger partial charge on any atom is 0.255 e. The third-order valence-corrected chi connectivity index (χ3v) is 6.08. The van der Waals surface area contributed by atoms with Crippen LogP contribution in [0.5, 0.6) is 17.2 Å². The first-order valence-corrected chi connectivity index (χ1v) is 11.3. The summed E-state index contributed by atoms with van der Waals surface area (Å²) >= 11 is 0. The van der Waals surface area contributed by atoms with Gasteiger partial charge < -0.3 is 24.8 Å². The van der Waals surface area contributed by atoms with Crippen LogP contribution in [0.2, 0.25) is 0 Å². The average molecular weight is 483 g/mol. The van der Waals surface area contributed by atoms with Crippen molar-refractivity contribution in [2.75, 3.05) is 24.5 Å². The molecular formula is C26H22N6O4. The fraction of sp³-hybridized carbons (Fsp3) is 0.154. The van der Waals surface area contributed by atoms with Gasteiger partial charge in [-0.15, -0.1) is 5.10 Å². The highest BCUT2D eigenvalue weighted by Crippen LogP contribution is 2.41. The number of methoxy groups -OCH3 is 1. The van der Waals surface area contributed by atoms with E-state index in [1.807, 2.05) is 49.4 Å². The number of ether oxygens (including phenoxy) is 3. The van der Waals surface area contributed by atoms with Crippen LogP contribution >= 0.6 is 0 Å². The second-order valence-corrected chi connectivity index (χ2v) is 8.28. The van der Waals surface area contributed by atoms with Gasteiger partial charge in [-0.3, -0.25) is 9.78 Å². The molecule has 4 aromatic rings. The highest BCUT2D eigenvalue weighted by atomic mass is 16.7. The van der Waals surface area contributed by atoms with E-state index in [2.05, 4.69) is 15.6 Å². The topological polar surface area (TPSA) is 112 Å². The number of nitrogens with one attached hydrogen (secondary N) is 2. The van der Waals surface area contributed by atoms with Crippen molar-refractivity contribution in [1.82, 2.24) is 19.7 Å². The first-order valence-electron chi connectivity index (χ1n) is 11.3. The van der Waals surface area contributed by atoms with E-state index in [9.17, 15) is 4.79 Å². The minimum absolute atomic E-state index is 0.154. The van der Waals surface area contributed by atoms with Crippen molar-refractivity contribution in [3.05, 3.63) is 83.8 Å². The number of carbonyl (C=O) groups excluding carboxylic acids is 1. The molecule has 0 bridgehead atoms. The van der Waals surface area contributed by atoms with E-state index in [0.29, 0.717) is 46.0 Å². The quantitative estimate of drug-likeness (QED) is 0.439. The number of pyridine rings is 1. The molecule has 2 N–H and O–H groups in total. The molecule has 36 heavy (non-hydrogen) atoms. The Balaban J connectivity index is 1.47. The molecule has 2 aliphatic rings. The van der Waals surface area contributed by atoms with Gasteiger partial charge in [0.05, 0.1) is 30.1 Å². The monoisotopic (exact) mass is 482 g/mol. The van der Waals surface area contributed by atoms with Crippen molar-refractivity contribution in [2.24, 2.45) is 0 Å². The van der Waals surface area contributed by atoms with E-state index in [4.69, 9.17) is 24.3 Å². The highest BCUT2D eigenvalue weighted by Gasteiger charge is 2.35. The molecule has 0 aliphatic carbocycles. The minimum atomic E-state index is -0.580. The number of para-hydroxylation sites is 1. The highest BCUT2D eigenvalue weighted by molar-refractivity contribution is 6.06. The fourth-order valence-corrected chi connectivity index (χ4v) is 4.42. The molecule has 2 aliphatic heterocycles. The van der Waals surface area contributed by atoms with Crippen molar-refractivity contribution < 1.29 is 19.0 Å². The summed E-state index contributed by atoms with van der Waals surface area (Å²) in [5.74, 6) is 2.62. The maximum absolute atomic E-state index is 13.6. The van der Waals surface area contributed by atoms with E-state index in [1.54, 1.807) is 36.3 Å². The number of hydrogen-bond donors (Lipinski definition) is 2. The van der Waals surface area contributed by atoms with Gasteiger partial charge >= 0.3 is 0 Å². The summed E-state index contributed by atoms with van der Waals surface area (Å²) in [4.78, 5) is 22.4. The van der Waals surface area contributed by atoms with Gasteiger partial charge in [0.25, 0.3) is 5.91 Å². The molecule has 0 fully saturated rings. The number of hydrogen-bond acceptors (Lipinski definition) is 8. The third kappa shape index (κ3) is 3.68. The number of aromatic nitrogens is 4. The molecule has 0 saturated carbocycles. The number of carbonyl (C=O) groups is 1. The summed E-state index contributed by atoms with van der Waals surface area (Å²) < 4.78 is 18.3. The molecule has 4 heterocycles. The van der Waals surface area contributed by atoms with Gasteiger partial charge in [-0.1, -0.05) is 18.2 Å². The minimum Gasteiger partial charge on any atom is -0.496 e. The molecule has 2 aromatic heterocycles. The van der Waals surface area contributed by atoms with Gasteiger partial charge in [0.2, 0.25) is 12.7 Å². The van der Waals surface area contributed by atoms with Gasteiger partial charge in [0, 0.05) is 11.9 Å². The van der Waals surface area contributed by atoms with Crippen LogP contribution in [0.4, 0.5) is 11.6 Å². The van der Waals surface area contributed by atoms with Crippen molar-refractivity contribution in [3.63, 3.8) is 0 Å². The predicted octanol–water partition coefficient (Wildman–Crippen LogP) is 4.01. The Kier molecular flexibility index (Phi) is 5.25. The van der Waals surface area contributed by atoms with Gasteiger partial charge in [-0.2, -0.15) is 4.98 Å². The van der Waals surface area contributed by atoms with E-state index in [1.165, 1.54) is 0 Å². The van der Waals surface area contributed by atoms with Gasteiger partial charge in [0.15, 0.2) is 17.3 Å². The number of amides is 1. The zero-order valence-electron chi connectivity index (χ0n) is 19.6. The molecular weight excluding hydrogens is 460 g/mol. The fourth-order valence-electron chi connectivity index (χ4n) is 4.42. The first-order chi connectivity index (χ1) is 17.6. The maximum atomic E-state index is 13.6. The van der Waals surface area contributed by atoms with Crippen LogP contribution < -0.4 is 24.8 Å². The van der Waals surface area contributed by atoms with Crippen molar-refractivity contribution in [1.29, 1.82) is 0 Å². The Morgan fingerprint density at radius 3 is 2.83 bits per heavy atom. The molecule has 10 nitrogen and oxygen atoms in total. The largest absolute Gasteiger partial charge is 0.496 e. The van der Waals surface area contributed by atoms with Crippen LogP contribution in [0.3, 0.4) is 0 Å². The molecule has 0 spiro atoms. The first kappa shape index (κ1) is 21.7. The van der Waals surface area contributed by atoms with Crippen molar-refractivity contribution in [3.8, 4) is 28.6 Å². The normalized spacial score (nSPS) is 15.8. The molecule has 1 amide bonds. The second kappa shape index (κ2) is 8.73. The summed E-state index contributed by atoms with van der Waals surface area (Å²) in [6.07, 6.45) is 3.25. The number of anilines is 2. The van der Waals surface area contributed by atoms with Crippen LogP contribution in [-0.4, -0.2) is 39.6 Å². The predicted molar refractivity (Wildman–Crippen MR) is 132 cm³/mol. The Labute approximate surface area is 206 Å². The van der Waals surface area contributed by atoms with E-state index < -0.39 is 6.04 Å². The van der Waals surface area contributed by atoms with Crippen LogP contribution in [-0.2, 0) is 4.79 Å². The Hall–Kier alpha value is -4.86. The van der Waals surface area contributed by atoms with E-state index in [0.717, 1.165) is 11.1 Å². The lowest BCUT2D eigenvalue weighted by atomic mass is 9.94. The molecule has 10 heteroatoms. The zero-order valence-corrected chi connectivity index (χ0v) is 19.6. The Morgan fingerprint density at radius 1 is 1.14 bits per heavy atom. The summed E-state index contributed by atoms with van der Waals surface area (Å²) in [7, 11) is 1.61. The number of rotatable bonds is 5. The number of benzene rings is 2. The summed E-state index contributed by atoms with van der Waals surface area (Å²) in [5, 5.41) is 11.0. The Morgan fingerprint density at radius 2 is 2.00 bits per heavy atom. The van der Waals surface area contributed by atoms with Crippen molar-refractivity contribution in [2.45, 2.75) is 13.0 Å². The SMILES string of the molecule is COc1ccccc1-c1nc2n(n1)C(c1ccc3c(c1)OCO3)C(C(=O)Nc1cccnc1)=C(C)N2. The lowest BCUT2D eigenvalue weighted by molar-refractivity contribution is -0.113. The summed E-state index contributed by atoms with van der Waals surface area (Å²) in [6, 6.07) is 16.1. The molecule has 180 valence electrons. The molecule has 1 unspecified atom stereocenters. The molecule has 0 saturated heterocycles. The zero-order chi connectivity index (χ0) is 24.6. The number of fused-ring (bicyclic) bond motifs is 2. The molecule has 2 aromatic carbocycles. The van der Waals surface area contributed by atoms with Crippen LogP contribution in [0.25, 0.3) is 11.4 Å². The number of allylic oxidation sites excluding steroid dienone is 1. The lowest BCUT2D eigenvalue weighted by Gasteiger charge is -2.28. The second-order valence-electron chi connectivity index (χ2n) is 8.28.